The first kappa shape index (κ1) is 13.4. The standard InChI is InChI=1S/C11H14N2O3S/c1-12-11(14)9-13-17(15,16)8-7-10-5-3-2-4-6-10/h2-8,13H,9H2,1H3,(H,12,14). The van der Waals surface area contributed by atoms with Gasteiger partial charge in [-0.3, -0.25) is 4.79 Å². The van der Waals surface area contributed by atoms with Gasteiger partial charge in [-0.25, -0.2) is 13.1 Å². The first-order valence-electron chi connectivity index (χ1n) is 4.97. The Morgan fingerprint density at radius 1 is 1.29 bits per heavy atom. The Labute approximate surface area is 101 Å². The summed E-state index contributed by atoms with van der Waals surface area (Å²) in [6, 6.07) is 9.03. The Hall–Kier alpha value is -1.66. The second kappa shape index (κ2) is 6.17. The molecule has 2 N–H and O–H groups in total. The summed E-state index contributed by atoms with van der Waals surface area (Å²) in [7, 11) is -2.14. The topological polar surface area (TPSA) is 75.3 Å². The van der Waals surface area contributed by atoms with Crippen LogP contribution in [0.1, 0.15) is 5.56 Å². The average molecular weight is 254 g/mol. The van der Waals surface area contributed by atoms with Crippen molar-refractivity contribution in [1.29, 1.82) is 0 Å². The minimum absolute atomic E-state index is 0.266. The van der Waals surface area contributed by atoms with Crippen LogP contribution in [-0.4, -0.2) is 27.9 Å². The van der Waals surface area contributed by atoms with Crippen molar-refractivity contribution >= 4 is 22.0 Å². The van der Waals surface area contributed by atoms with E-state index in [1.165, 1.54) is 13.1 Å². The molecule has 0 aliphatic carbocycles. The second-order valence-corrected chi connectivity index (χ2v) is 4.90. The third-order valence-electron chi connectivity index (χ3n) is 1.95. The predicted molar refractivity (Wildman–Crippen MR) is 66.5 cm³/mol. The summed E-state index contributed by atoms with van der Waals surface area (Å²) in [4.78, 5) is 10.9. The Bertz CT molecular complexity index is 495. The van der Waals surface area contributed by atoms with Crippen LogP contribution < -0.4 is 10.0 Å². The summed E-state index contributed by atoms with van der Waals surface area (Å²) in [5.74, 6) is -0.387. The lowest BCUT2D eigenvalue weighted by Gasteiger charge is -2.01. The zero-order valence-corrected chi connectivity index (χ0v) is 10.2. The maximum atomic E-state index is 11.4. The van der Waals surface area contributed by atoms with Gasteiger partial charge in [0.25, 0.3) is 0 Å². The molecule has 0 saturated carbocycles. The van der Waals surface area contributed by atoms with Gasteiger partial charge in [-0.2, -0.15) is 0 Å². The lowest BCUT2D eigenvalue weighted by molar-refractivity contribution is -0.119. The maximum Gasteiger partial charge on any atom is 0.234 e. The molecule has 0 radical (unpaired) electrons. The van der Waals surface area contributed by atoms with Gasteiger partial charge < -0.3 is 5.32 Å². The molecule has 0 aliphatic rings. The van der Waals surface area contributed by atoms with Gasteiger partial charge in [-0.15, -0.1) is 0 Å². The molecule has 92 valence electrons. The lowest BCUT2D eigenvalue weighted by atomic mass is 10.2. The maximum absolute atomic E-state index is 11.4. The van der Waals surface area contributed by atoms with Crippen molar-refractivity contribution < 1.29 is 13.2 Å². The summed E-state index contributed by atoms with van der Waals surface area (Å²) < 4.78 is 25.0. The van der Waals surface area contributed by atoms with E-state index in [0.29, 0.717) is 0 Å². The fourth-order valence-corrected chi connectivity index (χ4v) is 1.80. The Kier molecular flexibility index (Phi) is 4.86. The molecule has 1 aromatic carbocycles. The van der Waals surface area contributed by atoms with Crippen LogP contribution in [0.4, 0.5) is 0 Å². The molecule has 6 heteroatoms. The van der Waals surface area contributed by atoms with Gasteiger partial charge in [-0.05, 0) is 11.6 Å². The van der Waals surface area contributed by atoms with Gasteiger partial charge in [0.1, 0.15) is 0 Å². The normalized spacial score (nSPS) is 11.6. The highest BCUT2D eigenvalue weighted by atomic mass is 32.2. The van der Waals surface area contributed by atoms with Crippen molar-refractivity contribution in [2.45, 2.75) is 0 Å². The molecule has 1 rings (SSSR count). The third-order valence-corrected chi connectivity index (χ3v) is 2.99. The number of sulfonamides is 1. The Morgan fingerprint density at radius 3 is 2.53 bits per heavy atom. The van der Waals surface area contributed by atoms with Crippen LogP contribution in [-0.2, 0) is 14.8 Å². The predicted octanol–water partition coefficient (Wildman–Crippen LogP) is 0.323. The van der Waals surface area contributed by atoms with Crippen LogP contribution in [0, 0.1) is 0 Å². The van der Waals surface area contributed by atoms with Crippen molar-refractivity contribution in [1.82, 2.24) is 10.0 Å². The van der Waals surface area contributed by atoms with E-state index in [2.05, 4.69) is 10.0 Å². The van der Waals surface area contributed by atoms with Gasteiger partial charge in [0, 0.05) is 12.5 Å². The van der Waals surface area contributed by atoms with E-state index in [4.69, 9.17) is 0 Å². The second-order valence-electron chi connectivity index (χ2n) is 3.25. The average Bonchev–Trinajstić information content (AvgIpc) is 2.35. The first-order chi connectivity index (χ1) is 8.03. The van der Waals surface area contributed by atoms with Gasteiger partial charge in [-0.1, -0.05) is 30.3 Å². The number of hydrogen-bond acceptors (Lipinski definition) is 3. The van der Waals surface area contributed by atoms with Crippen LogP contribution in [0.2, 0.25) is 0 Å². The van der Waals surface area contributed by atoms with Crippen molar-refractivity contribution in [2.24, 2.45) is 0 Å². The molecule has 0 unspecified atom stereocenters. The van der Waals surface area contributed by atoms with Crippen LogP contribution in [0.5, 0.6) is 0 Å². The summed E-state index contributed by atoms with van der Waals surface area (Å²) >= 11 is 0. The lowest BCUT2D eigenvalue weighted by Crippen LogP contribution is -2.34. The minimum atomic E-state index is -3.58. The van der Waals surface area contributed by atoms with Crippen LogP contribution >= 0.6 is 0 Å². The molecule has 0 heterocycles. The molecule has 0 aromatic heterocycles. The van der Waals surface area contributed by atoms with E-state index in [-0.39, 0.29) is 12.5 Å². The fraction of sp³-hybridized carbons (Fsp3) is 0.182. The highest BCUT2D eigenvalue weighted by Crippen LogP contribution is 2.02. The molecule has 5 nitrogen and oxygen atoms in total. The number of amides is 1. The molecular weight excluding hydrogens is 240 g/mol. The summed E-state index contributed by atoms with van der Waals surface area (Å²) in [6.45, 7) is -0.266. The van der Waals surface area contributed by atoms with Crippen LogP contribution in [0.25, 0.3) is 6.08 Å². The number of hydrogen-bond donors (Lipinski definition) is 2. The number of rotatable bonds is 5. The molecule has 1 aromatic rings. The van der Waals surface area contributed by atoms with Crippen molar-refractivity contribution in [3.8, 4) is 0 Å². The summed E-state index contributed by atoms with van der Waals surface area (Å²) in [5, 5.41) is 3.35. The SMILES string of the molecule is CNC(=O)CNS(=O)(=O)C=Cc1ccccc1. The molecule has 0 fully saturated rings. The Balaban J connectivity index is 2.61. The van der Waals surface area contributed by atoms with E-state index in [9.17, 15) is 13.2 Å². The molecule has 17 heavy (non-hydrogen) atoms. The number of likely N-dealkylation sites (N-methyl/N-ethyl adjacent to an activating group) is 1. The minimum Gasteiger partial charge on any atom is -0.358 e. The van der Waals surface area contributed by atoms with E-state index < -0.39 is 10.0 Å². The number of nitrogens with one attached hydrogen (secondary N) is 2. The van der Waals surface area contributed by atoms with Gasteiger partial charge in [0.15, 0.2) is 0 Å². The van der Waals surface area contributed by atoms with Gasteiger partial charge in [0.2, 0.25) is 15.9 Å². The van der Waals surface area contributed by atoms with Gasteiger partial charge >= 0.3 is 0 Å². The molecule has 0 bridgehead atoms. The van der Waals surface area contributed by atoms with E-state index in [0.717, 1.165) is 11.0 Å². The zero-order valence-electron chi connectivity index (χ0n) is 9.38. The molecule has 0 aliphatic heterocycles. The van der Waals surface area contributed by atoms with E-state index in [1.807, 2.05) is 18.2 Å². The largest absolute Gasteiger partial charge is 0.358 e. The van der Waals surface area contributed by atoms with E-state index >= 15 is 0 Å². The summed E-state index contributed by atoms with van der Waals surface area (Å²) in [5.41, 5.74) is 0.776. The van der Waals surface area contributed by atoms with Gasteiger partial charge in [0.05, 0.1) is 6.54 Å². The fourth-order valence-electron chi connectivity index (χ4n) is 1.03. The number of carbonyl (C=O) groups excluding carboxylic acids is 1. The molecular formula is C11H14N2O3S. The summed E-state index contributed by atoms with van der Waals surface area (Å²) in [6.07, 6.45) is 1.46. The molecule has 0 spiro atoms. The van der Waals surface area contributed by atoms with Crippen LogP contribution in [0.3, 0.4) is 0 Å². The highest BCUT2D eigenvalue weighted by Gasteiger charge is 2.06. The third kappa shape index (κ3) is 5.28. The Morgan fingerprint density at radius 2 is 1.94 bits per heavy atom. The molecule has 0 saturated heterocycles. The molecule has 0 atom stereocenters. The number of benzene rings is 1. The van der Waals surface area contributed by atoms with E-state index in [1.54, 1.807) is 12.1 Å². The van der Waals surface area contributed by atoms with Crippen molar-refractivity contribution in [3.05, 3.63) is 41.3 Å². The van der Waals surface area contributed by atoms with Crippen molar-refractivity contribution in [3.63, 3.8) is 0 Å². The van der Waals surface area contributed by atoms with Crippen molar-refractivity contribution in [2.75, 3.05) is 13.6 Å². The number of carbonyl (C=O) groups is 1. The first-order valence-corrected chi connectivity index (χ1v) is 6.51. The smallest absolute Gasteiger partial charge is 0.234 e. The molecule has 1 amide bonds. The highest BCUT2D eigenvalue weighted by molar-refractivity contribution is 7.92. The monoisotopic (exact) mass is 254 g/mol. The zero-order chi connectivity index (χ0) is 12.7. The van der Waals surface area contributed by atoms with Crippen LogP contribution in [0.15, 0.2) is 35.7 Å². The quantitative estimate of drug-likeness (QED) is 0.794.